The van der Waals surface area contributed by atoms with Gasteiger partial charge in [0.15, 0.2) is 0 Å². The Morgan fingerprint density at radius 2 is 1.80 bits per heavy atom. The smallest absolute Gasteiger partial charge is 0.243 e. The molecule has 1 fully saturated rings. The second-order valence-electron chi connectivity index (χ2n) is 7.54. The summed E-state index contributed by atoms with van der Waals surface area (Å²) in [6, 6.07) is 12.2. The summed E-state index contributed by atoms with van der Waals surface area (Å²) in [7, 11) is -3.56. The number of halogens is 1. The minimum absolute atomic E-state index is 0.0527. The first-order valence-electron chi connectivity index (χ1n) is 10.0. The van der Waals surface area contributed by atoms with Crippen molar-refractivity contribution in [3.8, 4) is 5.75 Å². The fourth-order valence-corrected chi connectivity index (χ4v) is 5.05. The summed E-state index contributed by atoms with van der Waals surface area (Å²) >= 11 is 5.84. The van der Waals surface area contributed by atoms with Crippen LogP contribution in [0.3, 0.4) is 0 Å². The molecule has 162 valence electrons. The first-order chi connectivity index (χ1) is 14.3. The van der Waals surface area contributed by atoms with Crippen LogP contribution >= 0.6 is 11.6 Å². The number of carbonyl (C=O) groups is 1. The van der Waals surface area contributed by atoms with Crippen LogP contribution in [0.1, 0.15) is 24.0 Å². The Balaban J connectivity index is 1.45. The number of ether oxygens (including phenoxy) is 1. The van der Waals surface area contributed by atoms with Crippen LogP contribution in [-0.4, -0.2) is 44.9 Å². The first kappa shape index (κ1) is 22.6. The van der Waals surface area contributed by atoms with Crippen LogP contribution in [0, 0.1) is 19.8 Å². The number of carbonyl (C=O) groups excluding carboxylic acids is 1. The Bertz CT molecular complexity index is 985. The zero-order valence-electron chi connectivity index (χ0n) is 17.2. The van der Waals surface area contributed by atoms with Gasteiger partial charge in [0.2, 0.25) is 15.9 Å². The van der Waals surface area contributed by atoms with Gasteiger partial charge in [0.25, 0.3) is 0 Å². The quantitative estimate of drug-likeness (QED) is 0.654. The fraction of sp³-hybridized carbons (Fsp3) is 0.409. The topological polar surface area (TPSA) is 75.7 Å². The normalized spacial score (nSPS) is 15.7. The van der Waals surface area contributed by atoms with Crippen LogP contribution in [-0.2, 0) is 14.8 Å². The number of rotatable bonds is 7. The van der Waals surface area contributed by atoms with Crippen molar-refractivity contribution in [3.63, 3.8) is 0 Å². The highest BCUT2D eigenvalue weighted by atomic mass is 35.5. The molecule has 0 radical (unpaired) electrons. The maximum atomic E-state index is 12.7. The molecule has 0 saturated carbocycles. The van der Waals surface area contributed by atoms with Gasteiger partial charge >= 0.3 is 0 Å². The van der Waals surface area contributed by atoms with Gasteiger partial charge in [-0.15, -0.1) is 0 Å². The van der Waals surface area contributed by atoms with Crippen molar-refractivity contribution < 1.29 is 17.9 Å². The molecule has 1 saturated heterocycles. The Labute approximate surface area is 183 Å². The second-order valence-corrected chi connectivity index (χ2v) is 9.92. The molecule has 0 aliphatic carbocycles. The molecule has 2 aromatic carbocycles. The van der Waals surface area contributed by atoms with Crippen molar-refractivity contribution in [2.75, 3.05) is 26.2 Å². The molecule has 0 bridgehead atoms. The maximum Gasteiger partial charge on any atom is 0.243 e. The molecule has 8 heteroatoms. The van der Waals surface area contributed by atoms with Crippen LogP contribution in [0.5, 0.6) is 5.75 Å². The molecule has 0 unspecified atom stereocenters. The number of benzene rings is 2. The lowest BCUT2D eigenvalue weighted by Crippen LogP contribution is -2.43. The minimum Gasteiger partial charge on any atom is -0.491 e. The van der Waals surface area contributed by atoms with Gasteiger partial charge in [-0.05, 0) is 68.1 Å². The molecule has 3 rings (SSSR count). The van der Waals surface area contributed by atoms with E-state index in [1.807, 2.05) is 32.0 Å². The third-order valence-electron chi connectivity index (χ3n) is 5.28. The van der Waals surface area contributed by atoms with E-state index in [4.69, 9.17) is 16.3 Å². The Hall–Kier alpha value is -2.09. The monoisotopic (exact) mass is 450 g/mol. The lowest BCUT2D eigenvalue weighted by Gasteiger charge is -2.30. The summed E-state index contributed by atoms with van der Waals surface area (Å²) < 4.78 is 32.7. The van der Waals surface area contributed by atoms with E-state index in [0.717, 1.165) is 16.9 Å². The van der Waals surface area contributed by atoms with Crippen molar-refractivity contribution in [2.45, 2.75) is 31.6 Å². The number of amides is 1. The Morgan fingerprint density at radius 3 is 2.47 bits per heavy atom. The highest BCUT2D eigenvalue weighted by Gasteiger charge is 2.31. The molecule has 2 aromatic rings. The van der Waals surface area contributed by atoms with Crippen molar-refractivity contribution in [1.82, 2.24) is 9.62 Å². The Kier molecular flexibility index (Phi) is 7.39. The van der Waals surface area contributed by atoms with Gasteiger partial charge in [-0.2, -0.15) is 4.31 Å². The van der Waals surface area contributed by atoms with E-state index in [1.165, 1.54) is 16.4 Å². The van der Waals surface area contributed by atoms with Gasteiger partial charge in [0.05, 0.1) is 11.4 Å². The number of sulfonamides is 1. The molecule has 1 N–H and O–H groups in total. The maximum absolute atomic E-state index is 12.7. The van der Waals surface area contributed by atoms with Crippen molar-refractivity contribution in [1.29, 1.82) is 0 Å². The summed E-state index contributed by atoms with van der Waals surface area (Å²) in [5.74, 6) is 0.579. The predicted octanol–water partition coefficient (Wildman–Crippen LogP) is 3.55. The number of aryl methyl sites for hydroxylation is 2. The summed E-state index contributed by atoms with van der Waals surface area (Å²) in [6.45, 7) is 5.44. The predicted molar refractivity (Wildman–Crippen MR) is 117 cm³/mol. The van der Waals surface area contributed by atoms with Gasteiger partial charge in [-0.3, -0.25) is 4.79 Å². The molecule has 0 aromatic heterocycles. The molecule has 30 heavy (non-hydrogen) atoms. The van der Waals surface area contributed by atoms with Gasteiger partial charge in [-0.1, -0.05) is 23.7 Å². The zero-order chi connectivity index (χ0) is 21.7. The molecule has 0 spiro atoms. The minimum atomic E-state index is -3.56. The molecule has 1 aliphatic rings. The molecular weight excluding hydrogens is 424 g/mol. The summed E-state index contributed by atoms with van der Waals surface area (Å²) in [4.78, 5) is 12.7. The van der Waals surface area contributed by atoms with Crippen LogP contribution < -0.4 is 10.1 Å². The largest absolute Gasteiger partial charge is 0.491 e. The average Bonchev–Trinajstić information content (AvgIpc) is 2.74. The highest BCUT2D eigenvalue weighted by molar-refractivity contribution is 7.89. The van der Waals surface area contributed by atoms with E-state index >= 15 is 0 Å². The molecule has 1 aliphatic heterocycles. The fourth-order valence-electron chi connectivity index (χ4n) is 3.46. The number of nitrogens with zero attached hydrogens (tertiary/aromatic N) is 1. The van der Waals surface area contributed by atoms with E-state index in [9.17, 15) is 13.2 Å². The molecule has 1 amide bonds. The molecular formula is C22H27ClN2O4S. The number of hydrogen-bond donors (Lipinski definition) is 1. The van der Waals surface area contributed by atoms with Gasteiger partial charge < -0.3 is 10.1 Å². The standard InChI is InChI=1S/C22H27ClN2O4S/c1-16-3-4-17(2)21(15-16)29-14-11-24-22(26)18-9-12-25(13-10-18)30(27,28)20-7-5-19(23)6-8-20/h3-8,15,18H,9-14H2,1-2H3,(H,24,26). The van der Waals surface area contributed by atoms with E-state index < -0.39 is 10.0 Å². The Morgan fingerprint density at radius 1 is 1.13 bits per heavy atom. The summed E-state index contributed by atoms with van der Waals surface area (Å²) in [5, 5.41) is 3.39. The average molecular weight is 451 g/mol. The first-order valence-corrected chi connectivity index (χ1v) is 11.8. The molecule has 1 heterocycles. The second kappa shape index (κ2) is 9.81. The third kappa shape index (κ3) is 5.53. The van der Waals surface area contributed by atoms with E-state index in [0.29, 0.717) is 44.1 Å². The van der Waals surface area contributed by atoms with Crippen molar-refractivity contribution in [3.05, 3.63) is 58.6 Å². The van der Waals surface area contributed by atoms with Crippen LogP contribution in [0.4, 0.5) is 0 Å². The highest BCUT2D eigenvalue weighted by Crippen LogP contribution is 2.25. The lowest BCUT2D eigenvalue weighted by atomic mass is 9.97. The SMILES string of the molecule is Cc1ccc(C)c(OCCNC(=O)C2CCN(S(=O)(=O)c3ccc(Cl)cc3)CC2)c1. The van der Waals surface area contributed by atoms with E-state index in [2.05, 4.69) is 5.32 Å². The van der Waals surface area contributed by atoms with Gasteiger partial charge in [-0.25, -0.2) is 8.42 Å². The van der Waals surface area contributed by atoms with Crippen molar-refractivity contribution in [2.24, 2.45) is 5.92 Å². The van der Waals surface area contributed by atoms with Gasteiger partial charge in [0.1, 0.15) is 12.4 Å². The number of nitrogens with one attached hydrogen (secondary N) is 1. The zero-order valence-corrected chi connectivity index (χ0v) is 18.8. The third-order valence-corrected chi connectivity index (χ3v) is 7.44. The van der Waals surface area contributed by atoms with E-state index in [1.54, 1.807) is 12.1 Å². The molecule has 0 atom stereocenters. The van der Waals surface area contributed by atoms with Crippen LogP contribution in [0.25, 0.3) is 0 Å². The van der Waals surface area contributed by atoms with Gasteiger partial charge in [0, 0.05) is 24.0 Å². The molecule has 6 nitrogen and oxygen atoms in total. The number of piperidine rings is 1. The van der Waals surface area contributed by atoms with Crippen molar-refractivity contribution >= 4 is 27.5 Å². The summed E-state index contributed by atoms with van der Waals surface area (Å²) in [6.07, 6.45) is 0.993. The van der Waals surface area contributed by atoms with E-state index in [-0.39, 0.29) is 16.7 Å². The van der Waals surface area contributed by atoms with Crippen LogP contribution in [0.2, 0.25) is 5.02 Å². The summed E-state index contributed by atoms with van der Waals surface area (Å²) in [5.41, 5.74) is 2.18. The van der Waals surface area contributed by atoms with Crippen LogP contribution in [0.15, 0.2) is 47.4 Å². The number of hydrogen-bond acceptors (Lipinski definition) is 4. The lowest BCUT2D eigenvalue weighted by molar-refractivity contribution is -0.126.